The normalized spacial score (nSPS) is 17.5. The van der Waals surface area contributed by atoms with Crippen LogP contribution in [-0.2, 0) is 19.1 Å². The number of nitriles is 1. The first kappa shape index (κ1) is 33.1. The molecule has 43 heavy (non-hydrogen) atoms. The van der Waals surface area contributed by atoms with E-state index in [1.54, 1.807) is 37.9 Å². The van der Waals surface area contributed by atoms with Crippen LogP contribution < -0.4 is 15.5 Å². The molecule has 14 heteroatoms. The Bertz CT molecular complexity index is 1350. The van der Waals surface area contributed by atoms with Crippen molar-refractivity contribution < 1.29 is 28.7 Å². The number of esters is 1. The molecule has 0 spiro atoms. The summed E-state index contributed by atoms with van der Waals surface area (Å²) in [4.78, 5) is 62.5. The predicted octanol–water partition coefficient (Wildman–Crippen LogP) is 2.81. The molecule has 1 fully saturated rings. The summed E-state index contributed by atoms with van der Waals surface area (Å²) < 4.78 is 11.4. The Hall–Kier alpha value is -4.41. The van der Waals surface area contributed by atoms with Crippen LogP contribution in [0.1, 0.15) is 59.8 Å². The number of methoxy groups -OCH3 is 1. The van der Waals surface area contributed by atoms with Crippen molar-refractivity contribution in [3.63, 3.8) is 0 Å². The van der Waals surface area contributed by atoms with Gasteiger partial charge in [-0.2, -0.15) is 5.26 Å². The maximum Gasteiger partial charge on any atom is 0.407 e. The van der Waals surface area contributed by atoms with E-state index < -0.39 is 29.7 Å². The number of aromatic nitrogens is 3. The number of likely N-dealkylation sites (tertiary alicyclic amines) is 1. The minimum Gasteiger partial charge on any atom is -0.467 e. The van der Waals surface area contributed by atoms with Crippen molar-refractivity contribution in [1.82, 2.24) is 30.1 Å². The maximum absolute atomic E-state index is 13.3. The Labute approximate surface area is 251 Å². The maximum atomic E-state index is 13.3. The largest absolute Gasteiger partial charge is 0.467 e. The van der Waals surface area contributed by atoms with Crippen LogP contribution in [0.25, 0.3) is 11.0 Å². The predicted molar refractivity (Wildman–Crippen MR) is 158 cm³/mol. The van der Waals surface area contributed by atoms with Gasteiger partial charge in [0.05, 0.1) is 24.6 Å². The minimum absolute atomic E-state index is 0.0554. The van der Waals surface area contributed by atoms with E-state index in [4.69, 9.17) is 14.7 Å². The molecular formula is C29H42N8O6. The summed E-state index contributed by atoms with van der Waals surface area (Å²) >= 11 is 0. The molecule has 1 unspecified atom stereocenters. The van der Waals surface area contributed by atoms with Crippen LogP contribution in [0.5, 0.6) is 0 Å². The molecule has 3 amide bonds. The first-order valence-electron chi connectivity index (χ1n) is 14.4. The molecule has 14 nitrogen and oxygen atoms in total. The summed E-state index contributed by atoms with van der Waals surface area (Å²) in [5.74, 6) is 0.0846. The van der Waals surface area contributed by atoms with Crippen LogP contribution in [0.4, 0.5) is 15.4 Å². The first-order valence-corrected chi connectivity index (χ1v) is 14.4. The third-order valence-electron chi connectivity index (χ3n) is 7.38. The van der Waals surface area contributed by atoms with E-state index in [1.807, 2.05) is 18.0 Å². The van der Waals surface area contributed by atoms with E-state index in [-0.39, 0.29) is 24.3 Å². The first-order chi connectivity index (χ1) is 20.4. The quantitative estimate of drug-likeness (QED) is 0.306. The molecule has 2 N–H and O–H groups in total. The minimum atomic E-state index is -0.902. The molecule has 3 atom stereocenters. The lowest BCUT2D eigenvalue weighted by Crippen LogP contribution is -2.52. The fourth-order valence-corrected chi connectivity index (χ4v) is 5.09. The number of anilines is 1. The van der Waals surface area contributed by atoms with Gasteiger partial charge >= 0.3 is 18.1 Å². The smallest absolute Gasteiger partial charge is 0.407 e. The van der Waals surface area contributed by atoms with Crippen LogP contribution in [0.15, 0.2) is 18.6 Å². The van der Waals surface area contributed by atoms with Crippen molar-refractivity contribution in [3.8, 4) is 6.07 Å². The van der Waals surface area contributed by atoms with Crippen molar-refractivity contribution in [3.05, 3.63) is 18.6 Å². The molecule has 2 aromatic rings. The van der Waals surface area contributed by atoms with E-state index >= 15 is 0 Å². The van der Waals surface area contributed by atoms with Gasteiger partial charge in [-0.05, 0) is 58.4 Å². The number of carbonyl (C=O) groups excluding carboxylic acids is 4. The summed E-state index contributed by atoms with van der Waals surface area (Å²) in [6.07, 6.45) is 4.46. The Balaban J connectivity index is 1.68. The Kier molecular flexibility index (Phi) is 11.3. The number of nitrogens with zero attached hydrogens (tertiary/aromatic N) is 6. The van der Waals surface area contributed by atoms with Gasteiger partial charge in [0.25, 0.3) is 0 Å². The number of likely N-dealkylation sites (N-methyl/N-ethyl adjacent to an activating group) is 1. The second-order valence-corrected chi connectivity index (χ2v) is 11.7. The summed E-state index contributed by atoms with van der Waals surface area (Å²) in [7, 11) is 3.15. The Morgan fingerprint density at radius 1 is 1.23 bits per heavy atom. The molecule has 3 rings (SSSR count). The van der Waals surface area contributed by atoms with Crippen LogP contribution in [0.2, 0.25) is 0 Å². The zero-order chi connectivity index (χ0) is 31.7. The lowest BCUT2D eigenvalue weighted by Gasteiger charge is -2.42. The van der Waals surface area contributed by atoms with Crippen molar-refractivity contribution in [2.75, 3.05) is 38.7 Å². The van der Waals surface area contributed by atoms with E-state index in [1.165, 1.54) is 18.0 Å². The highest BCUT2D eigenvalue weighted by atomic mass is 16.6. The highest BCUT2D eigenvalue weighted by molar-refractivity contribution is 5.96. The number of rotatable bonds is 10. The number of hydrogen-bond acceptors (Lipinski definition) is 10. The molecule has 1 saturated heterocycles. The fraction of sp³-hybridized carbons (Fsp3) is 0.621. The molecule has 1 aliphatic heterocycles. The average Bonchev–Trinajstić information content (AvgIpc) is 3.39. The molecule has 2 aromatic heterocycles. The van der Waals surface area contributed by atoms with Crippen molar-refractivity contribution in [2.45, 2.75) is 77.5 Å². The summed E-state index contributed by atoms with van der Waals surface area (Å²) in [6.45, 7) is 8.87. The molecular weight excluding hydrogens is 556 g/mol. The monoisotopic (exact) mass is 598 g/mol. The SMILES string of the molecule is COC(=O)C(CCCCNC(=O)OC(C)(C)C)NC(=O)n1ccc2c(N(C)[C@H]3CN(C(=O)CC#N)CC[C@H]3C)ncnc21. The van der Waals surface area contributed by atoms with Gasteiger partial charge in [-0.3, -0.25) is 9.36 Å². The van der Waals surface area contributed by atoms with Crippen LogP contribution in [-0.4, -0.2) is 94.9 Å². The van der Waals surface area contributed by atoms with Gasteiger partial charge in [0, 0.05) is 32.9 Å². The molecule has 1 aliphatic rings. The fourth-order valence-electron chi connectivity index (χ4n) is 5.09. The number of ether oxygens (including phenoxy) is 2. The van der Waals surface area contributed by atoms with Crippen molar-refractivity contribution in [1.29, 1.82) is 5.26 Å². The third kappa shape index (κ3) is 8.79. The van der Waals surface area contributed by atoms with E-state index in [2.05, 4.69) is 27.5 Å². The molecule has 0 aromatic carbocycles. The average molecular weight is 599 g/mol. The van der Waals surface area contributed by atoms with Gasteiger partial charge in [0.15, 0.2) is 5.65 Å². The van der Waals surface area contributed by atoms with E-state index in [0.717, 1.165) is 6.42 Å². The number of fused-ring (bicyclic) bond motifs is 1. The number of piperidine rings is 1. The van der Waals surface area contributed by atoms with Gasteiger partial charge in [0.1, 0.15) is 30.2 Å². The lowest BCUT2D eigenvalue weighted by molar-refractivity contribution is -0.143. The number of amides is 3. The lowest BCUT2D eigenvalue weighted by atomic mass is 9.92. The second kappa shape index (κ2) is 14.7. The Morgan fingerprint density at radius 3 is 2.65 bits per heavy atom. The number of carbonyl (C=O) groups is 4. The number of unbranched alkanes of at least 4 members (excludes halogenated alkanes) is 1. The second-order valence-electron chi connectivity index (χ2n) is 11.7. The van der Waals surface area contributed by atoms with E-state index in [9.17, 15) is 19.2 Å². The molecule has 0 bridgehead atoms. The van der Waals surface area contributed by atoms with Gasteiger partial charge in [-0.15, -0.1) is 0 Å². The van der Waals surface area contributed by atoms with Crippen molar-refractivity contribution in [2.24, 2.45) is 5.92 Å². The van der Waals surface area contributed by atoms with E-state index in [0.29, 0.717) is 55.7 Å². The zero-order valence-electron chi connectivity index (χ0n) is 25.8. The van der Waals surface area contributed by atoms with Gasteiger partial charge in [-0.25, -0.2) is 24.4 Å². The van der Waals surface area contributed by atoms with Gasteiger partial charge in [0.2, 0.25) is 5.91 Å². The van der Waals surface area contributed by atoms with Gasteiger partial charge in [-0.1, -0.05) is 6.92 Å². The Morgan fingerprint density at radius 2 is 1.98 bits per heavy atom. The molecule has 3 heterocycles. The summed E-state index contributed by atoms with van der Waals surface area (Å²) in [5.41, 5.74) is -0.233. The molecule has 0 aliphatic carbocycles. The highest BCUT2D eigenvalue weighted by Gasteiger charge is 2.33. The third-order valence-corrected chi connectivity index (χ3v) is 7.38. The highest BCUT2D eigenvalue weighted by Crippen LogP contribution is 2.29. The van der Waals surface area contributed by atoms with Crippen molar-refractivity contribution >= 4 is 40.9 Å². The number of hydrogen-bond donors (Lipinski definition) is 2. The molecule has 234 valence electrons. The number of nitrogens with one attached hydrogen (secondary N) is 2. The molecule has 0 saturated carbocycles. The summed E-state index contributed by atoms with van der Waals surface area (Å²) in [6, 6.07) is 2.15. The topological polar surface area (TPSA) is 172 Å². The van der Waals surface area contributed by atoms with Crippen LogP contribution in [0.3, 0.4) is 0 Å². The van der Waals surface area contributed by atoms with Crippen LogP contribution in [0, 0.1) is 17.2 Å². The standard InChI is InChI=1S/C29H42N8O6/c1-19-11-15-36(23(38)10-13-30)17-22(19)35(5)24-20-12-16-37(25(20)33-18-32-24)27(40)34-21(26(39)42-6)9-7-8-14-31-28(41)43-29(2,3)4/h12,16,18-19,21-22H,7-11,14-15,17H2,1-6H3,(H,31,41)(H,34,40)/t19-,21?,22+/m1/s1. The van der Waals surface area contributed by atoms with Crippen LogP contribution >= 0.6 is 0 Å². The zero-order valence-corrected chi connectivity index (χ0v) is 25.8. The number of alkyl carbamates (subject to hydrolysis) is 1. The van der Waals surface area contributed by atoms with Gasteiger partial charge < -0.3 is 29.9 Å². The summed E-state index contributed by atoms with van der Waals surface area (Å²) in [5, 5.41) is 15.0. The molecule has 0 radical (unpaired) electrons.